The second-order valence-electron chi connectivity index (χ2n) is 6.95. The number of benzene rings is 1. The summed E-state index contributed by atoms with van der Waals surface area (Å²) in [5.74, 6) is 0.264. The molecule has 0 bridgehead atoms. The van der Waals surface area contributed by atoms with E-state index in [0.29, 0.717) is 32.8 Å². The predicted octanol–water partition coefficient (Wildman–Crippen LogP) is 1.51. The van der Waals surface area contributed by atoms with Crippen molar-refractivity contribution in [3.05, 3.63) is 35.9 Å². The first-order valence-corrected chi connectivity index (χ1v) is 9.37. The number of rotatable bonds is 9. The molecular formula is C20H31N3O3. The van der Waals surface area contributed by atoms with Crippen LogP contribution < -0.4 is 5.32 Å². The molecule has 1 aromatic carbocycles. The minimum atomic E-state index is 0.0173. The first kappa shape index (κ1) is 20.4. The maximum atomic E-state index is 12.5. The molecular weight excluding hydrogens is 330 g/mol. The molecule has 1 N–H and O–H groups in total. The monoisotopic (exact) mass is 361 g/mol. The summed E-state index contributed by atoms with van der Waals surface area (Å²) in [6.45, 7) is 3.79. The van der Waals surface area contributed by atoms with Crippen molar-refractivity contribution in [2.75, 3.05) is 46.9 Å². The third kappa shape index (κ3) is 6.77. The lowest BCUT2D eigenvalue weighted by molar-refractivity contribution is -0.136. The van der Waals surface area contributed by atoms with Gasteiger partial charge in [-0.15, -0.1) is 0 Å². The van der Waals surface area contributed by atoms with Gasteiger partial charge in [0.05, 0.1) is 6.54 Å². The molecule has 2 amide bonds. The van der Waals surface area contributed by atoms with Gasteiger partial charge in [0.15, 0.2) is 0 Å². The lowest BCUT2D eigenvalue weighted by Crippen LogP contribution is -2.46. The summed E-state index contributed by atoms with van der Waals surface area (Å²) in [5.41, 5.74) is 1.20. The minimum absolute atomic E-state index is 0.0173. The standard InChI is InChI=1S/C20H31N3O3/c1-22(15-17-7-4-3-5-8-17)16-19(24)23-12-9-18(10-13-23)20(25)21-11-6-14-26-2/h3-5,7-8,18H,6,9-16H2,1-2H3,(H,21,25). The first-order chi connectivity index (χ1) is 12.6. The van der Waals surface area contributed by atoms with Gasteiger partial charge in [-0.05, 0) is 31.9 Å². The Bertz CT molecular complexity index is 557. The molecule has 0 aliphatic carbocycles. The van der Waals surface area contributed by atoms with Gasteiger partial charge in [0.25, 0.3) is 0 Å². The van der Waals surface area contributed by atoms with Gasteiger partial charge in [0, 0.05) is 45.8 Å². The average Bonchev–Trinajstić information content (AvgIpc) is 2.66. The second-order valence-corrected chi connectivity index (χ2v) is 6.95. The second kappa shape index (κ2) is 10.9. The molecule has 0 unspecified atom stereocenters. The zero-order chi connectivity index (χ0) is 18.8. The van der Waals surface area contributed by atoms with Crippen LogP contribution in [0.25, 0.3) is 0 Å². The molecule has 2 rings (SSSR count). The van der Waals surface area contributed by atoms with E-state index in [1.807, 2.05) is 35.0 Å². The summed E-state index contributed by atoms with van der Waals surface area (Å²) in [6, 6.07) is 10.1. The van der Waals surface area contributed by atoms with Crippen molar-refractivity contribution in [3.63, 3.8) is 0 Å². The topological polar surface area (TPSA) is 61.9 Å². The molecule has 0 aromatic heterocycles. The lowest BCUT2D eigenvalue weighted by Gasteiger charge is -2.32. The fraction of sp³-hybridized carbons (Fsp3) is 0.600. The van der Waals surface area contributed by atoms with Gasteiger partial charge >= 0.3 is 0 Å². The van der Waals surface area contributed by atoms with Crippen LogP contribution in [0.15, 0.2) is 30.3 Å². The highest BCUT2D eigenvalue weighted by Gasteiger charge is 2.27. The van der Waals surface area contributed by atoms with E-state index in [1.165, 1.54) is 5.56 Å². The van der Waals surface area contributed by atoms with Crippen molar-refractivity contribution in [3.8, 4) is 0 Å². The van der Waals surface area contributed by atoms with Gasteiger partial charge in [0.2, 0.25) is 11.8 Å². The van der Waals surface area contributed by atoms with Crippen LogP contribution in [0, 0.1) is 5.92 Å². The molecule has 1 aliphatic rings. The number of nitrogens with one attached hydrogen (secondary N) is 1. The molecule has 1 aromatic rings. The number of piperidine rings is 1. The van der Waals surface area contributed by atoms with E-state index >= 15 is 0 Å². The zero-order valence-electron chi connectivity index (χ0n) is 15.9. The smallest absolute Gasteiger partial charge is 0.236 e. The average molecular weight is 361 g/mol. The highest BCUT2D eigenvalue weighted by atomic mass is 16.5. The molecule has 0 saturated carbocycles. The normalized spacial score (nSPS) is 15.3. The Balaban J connectivity index is 1.68. The Morgan fingerprint density at radius 2 is 1.92 bits per heavy atom. The molecule has 6 nitrogen and oxygen atoms in total. The molecule has 26 heavy (non-hydrogen) atoms. The van der Waals surface area contributed by atoms with Crippen LogP contribution in [0.1, 0.15) is 24.8 Å². The van der Waals surface area contributed by atoms with E-state index in [2.05, 4.69) is 17.4 Å². The fourth-order valence-electron chi connectivity index (χ4n) is 3.25. The van der Waals surface area contributed by atoms with Crippen LogP contribution >= 0.6 is 0 Å². The Labute approximate surface area is 156 Å². The third-order valence-electron chi connectivity index (χ3n) is 4.74. The Morgan fingerprint density at radius 1 is 1.23 bits per heavy atom. The van der Waals surface area contributed by atoms with Crippen LogP contribution in [-0.4, -0.2) is 68.6 Å². The van der Waals surface area contributed by atoms with E-state index in [-0.39, 0.29) is 17.7 Å². The van der Waals surface area contributed by atoms with E-state index in [4.69, 9.17) is 4.74 Å². The number of carbonyl (C=O) groups excluding carboxylic acids is 2. The molecule has 144 valence electrons. The number of nitrogens with zero attached hydrogens (tertiary/aromatic N) is 2. The summed E-state index contributed by atoms with van der Waals surface area (Å²) in [6.07, 6.45) is 2.31. The Morgan fingerprint density at radius 3 is 2.58 bits per heavy atom. The number of amides is 2. The third-order valence-corrected chi connectivity index (χ3v) is 4.74. The van der Waals surface area contributed by atoms with Crippen LogP contribution in [0.3, 0.4) is 0 Å². The Hall–Kier alpha value is -1.92. The maximum absolute atomic E-state index is 12.5. The molecule has 6 heteroatoms. The SMILES string of the molecule is COCCCNC(=O)C1CCN(C(=O)CN(C)Cc2ccccc2)CC1. The van der Waals surface area contributed by atoms with Crippen LogP contribution in [0.2, 0.25) is 0 Å². The highest BCUT2D eigenvalue weighted by Crippen LogP contribution is 2.17. The summed E-state index contributed by atoms with van der Waals surface area (Å²) in [4.78, 5) is 28.6. The molecule has 1 fully saturated rings. The van der Waals surface area contributed by atoms with Crippen LogP contribution in [0.5, 0.6) is 0 Å². The molecule has 0 radical (unpaired) electrons. The van der Waals surface area contributed by atoms with E-state index in [9.17, 15) is 9.59 Å². The number of likely N-dealkylation sites (tertiary alicyclic amines) is 1. The lowest BCUT2D eigenvalue weighted by atomic mass is 9.96. The predicted molar refractivity (Wildman–Crippen MR) is 102 cm³/mol. The summed E-state index contributed by atoms with van der Waals surface area (Å²) in [7, 11) is 3.62. The van der Waals surface area contributed by atoms with Crippen LogP contribution in [-0.2, 0) is 20.9 Å². The Kier molecular flexibility index (Phi) is 8.58. The maximum Gasteiger partial charge on any atom is 0.236 e. The van der Waals surface area contributed by atoms with E-state index < -0.39 is 0 Å². The molecule has 1 saturated heterocycles. The summed E-state index contributed by atoms with van der Waals surface area (Å²) in [5, 5.41) is 2.96. The van der Waals surface area contributed by atoms with Crippen molar-refractivity contribution in [2.45, 2.75) is 25.8 Å². The van der Waals surface area contributed by atoms with Gasteiger partial charge in [0.1, 0.15) is 0 Å². The van der Waals surface area contributed by atoms with E-state index in [0.717, 1.165) is 25.8 Å². The molecule has 1 heterocycles. The van der Waals surface area contributed by atoms with Gasteiger partial charge in [-0.1, -0.05) is 30.3 Å². The number of methoxy groups -OCH3 is 1. The molecule has 1 aliphatic heterocycles. The van der Waals surface area contributed by atoms with Gasteiger partial charge in [-0.25, -0.2) is 0 Å². The van der Waals surface area contributed by atoms with Gasteiger partial charge in [-0.2, -0.15) is 0 Å². The molecule has 0 spiro atoms. The summed E-state index contributed by atoms with van der Waals surface area (Å²) >= 11 is 0. The quantitative estimate of drug-likeness (QED) is 0.678. The summed E-state index contributed by atoms with van der Waals surface area (Å²) < 4.78 is 4.98. The highest BCUT2D eigenvalue weighted by molar-refractivity contribution is 5.80. The van der Waals surface area contributed by atoms with Gasteiger partial charge < -0.3 is 15.0 Å². The van der Waals surface area contributed by atoms with Crippen molar-refractivity contribution >= 4 is 11.8 Å². The molecule has 0 atom stereocenters. The number of ether oxygens (including phenoxy) is 1. The first-order valence-electron chi connectivity index (χ1n) is 9.37. The van der Waals surface area contributed by atoms with Crippen molar-refractivity contribution in [1.29, 1.82) is 0 Å². The van der Waals surface area contributed by atoms with E-state index in [1.54, 1.807) is 7.11 Å². The number of likely N-dealkylation sites (N-methyl/N-ethyl adjacent to an activating group) is 1. The van der Waals surface area contributed by atoms with Crippen LogP contribution in [0.4, 0.5) is 0 Å². The minimum Gasteiger partial charge on any atom is -0.385 e. The van der Waals surface area contributed by atoms with Gasteiger partial charge in [-0.3, -0.25) is 14.5 Å². The number of hydrogen-bond acceptors (Lipinski definition) is 4. The zero-order valence-corrected chi connectivity index (χ0v) is 15.9. The largest absolute Gasteiger partial charge is 0.385 e. The number of hydrogen-bond donors (Lipinski definition) is 1. The number of carbonyl (C=O) groups is 2. The van der Waals surface area contributed by atoms with Crippen molar-refractivity contribution in [2.24, 2.45) is 5.92 Å². The van der Waals surface area contributed by atoms with Crippen molar-refractivity contribution < 1.29 is 14.3 Å². The van der Waals surface area contributed by atoms with Crippen molar-refractivity contribution in [1.82, 2.24) is 15.1 Å². The fourth-order valence-corrected chi connectivity index (χ4v) is 3.25.